The average Bonchev–Trinajstić information content (AvgIpc) is 2.88. The molecule has 4 heteroatoms. The van der Waals surface area contributed by atoms with Gasteiger partial charge in [0.1, 0.15) is 5.78 Å². The van der Waals surface area contributed by atoms with Crippen LogP contribution in [0.5, 0.6) is 0 Å². The summed E-state index contributed by atoms with van der Waals surface area (Å²) in [6.45, 7) is 7.35. The summed E-state index contributed by atoms with van der Waals surface area (Å²) in [6, 6.07) is 8.09. The van der Waals surface area contributed by atoms with Gasteiger partial charge in [0.25, 0.3) is 0 Å². The molecule has 0 amide bonds. The van der Waals surface area contributed by atoms with E-state index in [1.165, 1.54) is 0 Å². The van der Waals surface area contributed by atoms with E-state index in [0.717, 1.165) is 36.0 Å². The molecule has 1 aromatic heterocycles. The Morgan fingerprint density at radius 3 is 2.48 bits per heavy atom. The topological polar surface area (TPSA) is 60.9 Å². The second kappa shape index (κ2) is 6.39. The molecule has 0 aliphatic rings. The van der Waals surface area contributed by atoms with Gasteiger partial charge in [-0.3, -0.25) is 9.48 Å². The SMILES string of the molecule is CCn1nc(CC(=O)C(CC)(CC)CN)c2ccccc21. The van der Waals surface area contributed by atoms with Crippen molar-refractivity contribution in [1.29, 1.82) is 0 Å². The lowest BCUT2D eigenvalue weighted by atomic mass is 9.76. The van der Waals surface area contributed by atoms with Gasteiger partial charge in [0.05, 0.1) is 17.6 Å². The van der Waals surface area contributed by atoms with Crippen LogP contribution in [0.1, 0.15) is 39.3 Å². The highest BCUT2D eigenvalue weighted by Gasteiger charge is 2.33. The van der Waals surface area contributed by atoms with Crippen LogP contribution in [-0.2, 0) is 17.8 Å². The first kappa shape index (κ1) is 15.7. The minimum absolute atomic E-state index is 0.210. The van der Waals surface area contributed by atoms with Crippen LogP contribution in [0.4, 0.5) is 0 Å². The number of carbonyl (C=O) groups excluding carboxylic acids is 1. The largest absolute Gasteiger partial charge is 0.329 e. The van der Waals surface area contributed by atoms with Gasteiger partial charge in [-0.2, -0.15) is 5.10 Å². The number of aryl methyl sites for hydroxylation is 1. The molecule has 2 aromatic rings. The molecule has 1 aromatic carbocycles. The van der Waals surface area contributed by atoms with Crippen molar-refractivity contribution in [1.82, 2.24) is 9.78 Å². The third-order valence-corrected chi connectivity index (χ3v) is 4.70. The van der Waals surface area contributed by atoms with E-state index in [2.05, 4.69) is 18.1 Å². The molecule has 21 heavy (non-hydrogen) atoms. The molecule has 0 saturated heterocycles. The lowest BCUT2D eigenvalue weighted by Gasteiger charge is -2.28. The zero-order valence-electron chi connectivity index (χ0n) is 13.2. The summed E-state index contributed by atoms with van der Waals surface area (Å²) in [6.07, 6.45) is 1.93. The van der Waals surface area contributed by atoms with Crippen molar-refractivity contribution in [3.63, 3.8) is 0 Å². The van der Waals surface area contributed by atoms with Crippen molar-refractivity contribution in [3.05, 3.63) is 30.0 Å². The number of nitrogens with zero attached hydrogens (tertiary/aromatic N) is 2. The van der Waals surface area contributed by atoms with Gasteiger partial charge in [0.15, 0.2) is 0 Å². The third kappa shape index (κ3) is 2.72. The fourth-order valence-electron chi connectivity index (χ4n) is 2.95. The summed E-state index contributed by atoms with van der Waals surface area (Å²) >= 11 is 0. The Morgan fingerprint density at radius 1 is 1.24 bits per heavy atom. The van der Waals surface area contributed by atoms with Crippen molar-refractivity contribution in [2.45, 2.75) is 46.6 Å². The van der Waals surface area contributed by atoms with Gasteiger partial charge >= 0.3 is 0 Å². The number of Topliss-reactive ketones (excluding diaryl/α,β-unsaturated/α-hetero) is 1. The second-order valence-corrected chi connectivity index (χ2v) is 5.57. The number of para-hydroxylation sites is 1. The summed E-state index contributed by atoms with van der Waals surface area (Å²) < 4.78 is 1.96. The first-order valence-corrected chi connectivity index (χ1v) is 7.79. The molecule has 0 fully saturated rings. The highest BCUT2D eigenvalue weighted by Crippen LogP contribution is 2.29. The molecule has 0 atom stereocenters. The number of hydrogen-bond donors (Lipinski definition) is 1. The Bertz CT molecular complexity index is 618. The molecule has 0 unspecified atom stereocenters. The van der Waals surface area contributed by atoms with E-state index < -0.39 is 5.41 Å². The number of ketones is 1. The summed E-state index contributed by atoms with van der Waals surface area (Å²) in [5.41, 5.74) is 7.44. The van der Waals surface area contributed by atoms with Crippen LogP contribution in [0.25, 0.3) is 10.9 Å². The molecule has 1 heterocycles. The van der Waals surface area contributed by atoms with E-state index >= 15 is 0 Å². The summed E-state index contributed by atoms with van der Waals surface area (Å²) in [7, 11) is 0. The Morgan fingerprint density at radius 2 is 1.90 bits per heavy atom. The Balaban J connectivity index is 2.38. The fraction of sp³-hybridized carbons (Fsp3) is 0.529. The Labute approximate surface area is 126 Å². The van der Waals surface area contributed by atoms with Gasteiger partial charge in [0.2, 0.25) is 0 Å². The first-order valence-electron chi connectivity index (χ1n) is 7.79. The zero-order valence-corrected chi connectivity index (χ0v) is 13.2. The molecule has 4 nitrogen and oxygen atoms in total. The highest BCUT2D eigenvalue weighted by molar-refractivity contribution is 5.91. The fourth-order valence-corrected chi connectivity index (χ4v) is 2.95. The number of benzene rings is 1. The summed E-state index contributed by atoms with van der Waals surface area (Å²) in [5.74, 6) is 0.210. The number of nitrogens with two attached hydrogens (primary N) is 1. The van der Waals surface area contributed by atoms with Gasteiger partial charge in [-0.25, -0.2) is 0 Å². The number of fused-ring (bicyclic) bond motifs is 1. The molecular weight excluding hydrogens is 262 g/mol. The van der Waals surface area contributed by atoms with E-state index in [-0.39, 0.29) is 5.78 Å². The van der Waals surface area contributed by atoms with E-state index in [1.807, 2.05) is 36.7 Å². The quantitative estimate of drug-likeness (QED) is 0.851. The van der Waals surface area contributed by atoms with Crippen LogP contribution in [0, 0.1) is 5.41 Å². The van der Waals surface area contributed by atoms with Crippen LogP contribution in [0.3, 0.4) is 0 Å². The maximum absolute atomic E-state index is 12.7. The van der Waals surface area contributed by atoms with Crippen LogP contribution >= 0.6 is 0 Å². The summed E-state index contributed by atoms with van der Waals surface area (Å²) in [5, 5.41) is 5.69. The van der Waals surface area contributed by atoms with Gasteiger partial charge < -0.3 is 5.73 Å². The predicted octanol–water partition coefficient (Wildman–Crippen LogP) is 2.93. The maximum Gasteiger partial charge on any atom is 0.146 e. The molecule has 114 valence electrons. The number of aromatic nitrogens is 2. The third-order valence-electron chi connectivity index (χ3n) is 4.70. The minimum atomic E-state index is -0.406. The molecule has 0 radical (unpaired) electrons. The van der Waals surface area contributed by atoms with E-state index in [4.69, 9.17) is 5.73 Å². The van der Waals surface area contributed by atoms with Crippen LogP contribution < -0.4 is 5.73 Å². The van der Waals surface area contributed by atoms with E-state index in [1.54, 1.807) is 0 Å². The number of rotatable bonds is 7. The Kier molecular flexibility index (Phi) is 4.78. The number of hydrogen-bond acceptors (Lipinski definition) is 3. The predicted molar refractivity (Wildman–Crippen MR) is 86.2 cm³/mol. The molecule has 0 spiro atoms. The first-order chi connectivity index (χ1) is 10.1. The highest BCUT2D eigenvalue weighted by atomic mass is 16.1. The van der Waals surface area contributed by atoms with Gasteiger partial charge in [0, 0.05) is 23.9 Å². The smallest absolute Gasteiger partial charge is 0.146 e. The molecule has 2 rings (SSSR count). The monoisotopic (exact) mass is 287 g/mol. The van der Waals surface area contributed by atoms with Crippen LogP contribution in [0.15, 0.2) is 24.3 Å². The summed E-state index contributed by atoms with van der Waals surface area (Å²) in [4.78, 5) is 12.7. The van der Waals surface area contributed by atoms with Crippen LogP contribution in [-0.4, -0.2) is 22.1 Å². The average molecular weight is 287 g/mol. The Hall–Kier alpha value is -1.68. The van der Waals surface area contributed by atoms with Crippen molar-refractivity contribution in [3.8, 4) is 0 Å². The molecule has 0 bridgehead atoms. The van der Waals surface area contributed by atoms with Gasteiger partial charge in [-0.15, -0.1) is 0 Å². The molecular formula is C17H25N3O. The molecule has 2 N–H and O–H groups in total. The van der Waals surface area contributed by atoms with Crippen molar-refractivity contribution in [2.24, 2.45) is 11.1 Å². The normalized spacial score (nSPS) is 12.0. The van der Waals surface area contributed by atoms with Crippen molar-refractivity contribution in [2.75, 3.05) is 6.54 Å². The number of carbonyl (C=O) groups is 1. The van der Waals surface area contributed by atoms with Crippen molar-refractivity contribution >= 4 is 16.7 Å². The van der Waals surface area contributed by atoms with E-state index in [0.29, 0.717) is 13.0 Å². The lowest BCUT2D eigenvalue weighted by Crippen LogP contribution is -2.38. The zero-order chi connectivity index (χ0) is 15.5. The van der Waals surface area contributed by atoms with Crippen LogP contribution in [0.2, 0.25) is 0 Å². The minimum Gasteiger partial charge on any atom is -0.329 e. The van der Waals surface area contributed by atoms with Crippen molar-refractivity contribution < 1.29 is 4.79 Å². The molecule has 0 aliphatic carbocycles. The lowest BCUT2D eigenvalue weighted by molar-refractivity contribution is -0.128. The maximum atomic E-state index is 12.7. The molecule has 0 saturated carbocycles. The van der Waals surface area contributed by atoms with Gasteiger partial charge in [-0.05, 0) is 25.8 Å². The molecule has 0 aliphatic heterocycles. The van der Waals surface area contributed by atoms with E-state index in [9.17, 15) is 4.79 Å². The van der Waals surface area contributed by atoms with Gasteiger partial charge in [-0.1, -0.05) is 32.0 Å². The second-order valence-electron chi connectivity index (χ2n) is 5.57. The standard InChI is InChI=1S/C17H25N3O/c1-4-17(5-2,12-18)16(21)11-14-13-9-7-8-10-15(13)20(6-3)19-14/h7-10H,4-6,11-12,18H2,1-3H3.